The first-order chi connectivity index (χ1) is 10.3. The third-order valence-corrected chi connectivity index (χ3v) is 3.13. The van der Waals surface area contributed by atoms with Crippen LogP contribution < -0.4 is 0 Å². The molecule has 2 aromatic carbocycles. The summed E-state index contributed by atoms with van der Waals surface area (Å²) < 4.78 is 0. The number of aromatic hydroxyl groups is 4. The lowest BCUT2D eigenvalue weighted by Gasteiger charge is -2.18. The Hall–Kier alpha value is -2.77. The van der Waals surface area contributed by atoms with Crippen LogP contribution in [0.1, 0.15) is 22.0 Å². The second-order valence-electron chi connectivity index (χ2n) is 4.70. The maximum Gasteiger partial charge on any atom is 0.201 e. The molecule has 2 unspecified atom stereocenters. The summed E-state index contributed by atoms with van der Waals surface area (Å²) in [5.41, 5.74) is -0.445. The molecule has 2 rings (SSSR count). The van der Waals surface area contributed by atoms with Gasteiger partial charge in [0.15, 0.2) is 0 Å². The molecule has 2 atom stereocenters. The van der Waals surface area contributed by atoms with E-state index in [9.17, 15) is 30.3 Å². The van der Waals surface area contributed by atoms with Crippen LogP contribution in [0.25, 0.3) is 0 Å². The summed E-state index contributed by atoms with van der Waals surface area (Å²) in [6, 6.07) is 6.82. The molecule has 22 heavy (non-hydrogen) atoms. The van der Waals surface area contributed by atoms with E-state index in [1.165, 1.54) is 24.3 Å². The molecule has 0 radical (unpaired) electrons. The number of hydrogen-bond donors (Lipinski definition) is 6. The molecule has 0 aliphatic heterocycles. The second-order valence-corrected chi connectivity index (χ2v) is 4.70. The predicted molar refractivity (Wildman–Crippen MR) is 74.8 cm³/mol. The Morgan fingerprint density at radius 1 is 0.818 bits per heavy atom. The molecule has 0 saturated heterocycles. The van der Waals surface area contributed by atoms with Gasteiger partial charge in [-0.25, -0.2) is 0 Å². The maximum absolute atomic E-state index is 12.1. The molecule has 0 spiro atoms. The van der Waals surface area contributed by atoms with E-state index >= 15 is 0 Å². The molecule has 6 N–H and O–H groups in total. The van der Waals surface area contributed by atoms with Gasteiger partial charge < -0.3 is 30.6 Å². The van der Waals surface area contributed by atoms with Crippen LogP contribution >= 0.6 is 0 Å². The quantitative estimate of drug-likeness (QED) is 0.459. The summed E-state index contributed by atoms with van der Waals surface area (Å²) in [6.45, 7) is 0. The number of aliphatic hydroxyl groups is 2. The SMILES string of the molecule is O=C(c1c(O)cc(O)cc1O)C(O)C(O)c1ccc(O)cc1. The third kappa shape index (κ3) is 2.95. The average Bonchev–Trinajstić information content (AvgIpc) is 2.45. The highest BCUT2D eigenvalue weighted by atomic mass is 16.3. The normalized spacial score (nSPS) is 13.5. The number of hydrogen-bond acceptors (Lipinski definition) is 7. The first-order valence-electron chi connectivity index (χ1n) is 6.25. The molecule has 0 fully saturated rings. The summed E-state index contributed by atoms with van der Waals surface area (Å²) in [4.78, 5) is 12.1. The van der Waals surface area contributed by atoms with E-state index in [4.69, 9.17) is 5.11 Å². The summed E-state index contributed by atoms with van der Waals surface area (Å²) in [6.07, 6.45) is -3.58. The average molecular weight is 306 g/mol. The molecule has 0 aliphatic rings. The van der Waals surface area contributed by atoms with Crippen molar-refractivity contribution in [3.63, 3.8) is 0 Å². The zero-order chi connectivity index (χ0) is 16.4. The van der Waals surface area contributed by atoms with Gasteiger partial charge in [0.05, 0.1) is 0 Å². The van der Waals surface area contributed by atoms with Crippen molar-refractivity contribution in [2.75, 3.05) is 0 Å². The van der Waals surface area contributed by atoms with Crippen molar-refractivity contribution in [3.8, 4) is 23.0 Å². The molecule has 0 heterocycles. The van der Waals surface area contributed by atoms with Crippen LogP contribution in [0.4, 0.5) is 0 Å². The second kappa shape index (κ2) is 5.92. The molecular weight excluding hydrogens is 292 g/mol. The zero-order valence-corrected chi connectivity index (χ0v) is 11.2. The van der Waals surface area contributed by atoms with Crippen molar-refractivity contribution in [1.82, 2.24) is 0 Å². The zero-order valence-electron chi connectivity index (χ0n) is 11.2. The van der Waals surface area contributed by atoms with Crippen LogP contribution in [0, 0.1) is 0 Å². The Morgan fingerprint density at radius 3 is 1.82 bits per heavy atom. The molecule has 0 bridgehead atoms. The van der Waals surface area contributed by atoms with Gasteiger partial charge in [-0.1, -0.05) is 12.1 Å². The fraction of sp³-hybridized carbons (Fsp3) is 0.133. The third-order valence-electron chi connectivity index (χ3n) is 3.13. The van der Waals surface area contributed by atoms with Gasteiger partial charge in [-0.05, 0) is 17.7 Å². The van der Waals surface area contributed by atoms with Crippen LogP contribution in [-0.4, -0.2) is 42.5 Å². The number of Topliss-reactive ketones (excluding diaryl/α,β-unsaturated/α-hetero) is 1. The molecule has 0 aromatic heterocycles. The maximum atomic E-state index is 12.1. The van der Waals surface area contributed by atoms with Gasteiger partial charge in [-0.3, -0.25) is 4.79 Å². The number of phenolic OH excluding ortho intramolecular Hbond substituents is 4. The molecular formula is C15H14O7. The highest BCUT2D eigenvalue weighted by Gasteiger charge is 2.30. The van der Waals surface area contributed by atoms with Crippen molar-refractivity contribution in [1.29, 1.82) is 0 Å². The fourth-order valence-corrected chi connectivity index (χ4v) is 1.99. The lowest BCUT2D eigenvalue weighted by atomic mass is 9.96. The van der Waals surface area contributed by atoms with E-state index in [0.717, 1.165) is 12.1 Å². The standard InChI is InChI=1S/C15H14O7/c16-8-3-1-7(2-4-8)13(20)15(22)14(21)12-10(18)5-9(17)6-11(12)19/h1-6,13,15-20,22H. The molecule has 7 heteroatoms. The van der Waals surface area contributed by atoms with Crippen LogP contribution in [0.2, 0.25) is 0 Å². The molecule has 2 aromatic rings. The van der Waals surface area contributed by atoms with Gasteiger partial charge in [-0.2, -0.15) is 0 Å². The van der Waals surface area contributed by atoms with E-state index in [1.807, 2.05) is 0 Å². The summed E-state index contributed by atoms with van der Waals surface area (Å²) in [5, 5.41) is 57.5. The number of carbonyl (C=O) groups is 1. The molecule has 0 aliphatic carbocycles. The Kier molecular flexibility index (Phi) is 4.20. The lowest BCUT2D eigenvalue weighted by Crippen LogP contribution is -2.28. The topological polar surface area (TPSA) is 138 Å². The van der Waals surface area contributed by atoms with Gasteiger partial charge in [0.2, 0.25) is 5.78 Å². The number of ketones is 1. The van der Waals surface area contributed by atoms with Gasteiger partial charge in [0, 0.05) is 12.1 Å². The Morgan fingerprint density at radius 2 is 1.32 bits per heavy atom. The van der Waals surface area contributed by atoms with Crippen LogP contribution in [0.5, 0.6) is 23.0 Å². The van der Waals surface area contributed by atoms with Crippen molar-refractivity contribution in [2.24, 2.45) is 0 Å². The number of phenols is 4. The van der Waals surface area contributed by atoms with Crippen LogP contribution in [-0.2, 0) is 0 Å². The smallest absolute Gasteiger partial charge is 0.201 e. The largest absolute Gasteiger partial charge is 0.508 e. The van der Waals surface area contributed by atoms with Gasteiger partial charge in [0.1, 0.15) is 40.8 Å². The highest BCUT2D eigenvalue weighted by Crippen LogP contribution is 2.34. The van der Waals surface area contributed by atoms with Crippen molar-refractivity contribution in [3.05, 3.63) is 47.5 Å². The molecule has 7 nitrogen and oxygen atoms in total. The number of benzene rings is 2. The number of aliphatic hydroxyl groups excluding tert-OH is 2. The molecule has 0 amide bonds. The minimum atomic E-state index is -1.95. The molecule has 116 valence electrons. The van der Waals surface area contributed by atoms with E-state index in [1.54, 1.807) is 0 Å². The monoisotopic (exact) mass is 306 g/mol. The lowest BCUT2D eigenvalue weighted by molar-refractivity contribution is 0.0200. The minimum Gasteiger partial charge on any atom is -0.508 e. The number of carbonyl (C=O) groups excluding carboxylic acids is 1. The van der Waals surface area contributed by atoms with Crippen molar-refractivity contribution < 1.29 is 35.4 Å². The fourth-order valence-electron chi connectivity index (χ4n) is 1.99. The predicted octanol–water partition coefficient (Wildman–Crippen LogP) is 0.786. The van der Waals surface area contributed by atoms with Crippen LogP contribution in [0.3, 0.4) is 0 Å². The van der Waals surface area contributed by atoms with Crippen molar-refractivity contribution >= 4 is 5.78 Å². The number of rotatable bonds is 4. The van der Waals surface area contributed by atoms with Gasteiger partial charge >= 0.3 is 0 Å². The van der Waals surface area contributed by atoms with E-state index < -0.39 is 40.8 Å². The van der Waals surface area contributed by atoms with E-state index in [2.05, 4.69) is 0 Å². The minimum absolute atomic E-state index is 0.0504. The Balaban J connectivity index is 2.31. The highest BCUT2D eigenvalue weighted by molar-refractivity contribution is 6.04. The first-order valence-corrected chi connectivity index (χ1v) is 6.25. The molecule has 0 saturated carbocycles. The van der Waals surface area contributed by atoms with Gasteiger partial charge in [0.25, 0.3) is 0 Å². The Labute approximate surface area is 125 Å². The van der Waals surface area contributed by atoms with E-state index in [0.29, 0.717) is 0 Å². The van der Waals surface area contributed by atoms with Gasteiger partial charge in [-0.15, -0.1) is 0 Å². The summed E-state index contributed by atoms with van der Waals surface area (Å²) >= 11 is 0. The summed E-state index contributed by atoms with van der Waals surface area (Å²) in [5.74, 6) is -3.07. The summed E-state index contributed by atoms with van der Waals surface area (Å²) in [7, 11) is 0. The van der Waals surface area contributed by atoms with Crippen molar-refractivity contribution in [2.45, 2.75) is 12.2 Å². The van der Waals surface area contributed by atoms with E-state index in [-0.39, 0.29) is 11.3 Å². The van der Waals surface area contributed by atoms with Crippen LogP contribution in [0.15, 0.2) is 36.4 Å². The first kappa shape index (κ1) is 15.6. The Bertz CT molecular complexity index is 671.